The summed E-state index contributed by atoms with van der Waals surface area (Å²) in [6.07, 6.45) is 2.58. The van der Waals surface area contributed by atoms with Crippen LogP contribution in [0, 0.1) is 0 Å². The van der Waals surface area contributed by atoms with Crippen molar-refractivity contribution in [2.45, 2.75) is 6.42 Å². The molecule has 2 heterocycles. The minimum Gasteiger partial charge on any atom is -0.370 e. The standard InChI is InChI=1S/C11H10Cl2N2S/c12-8-1-4-11(15-7-8)14-6-5-9-2-3-10(13)16-9/h1-4,7H,5-6H2,(H,14,15). The Morgan fingerprint density at radius 1 is 1.19 bits per heavy atom. The largest absolute Gasteiger partial charge is 0.370 e. The highest BCUT2D eigenvalue weighted by atomic mass is 35.5. The summed E-state index contributed by atoms with van der Waals surface area (Å²) >= 11 is 13.2. The van der Waals surface area contributed by atoms with Crippen molar-refractivity contribution in [3.63, 3.8) is 0 Å². The van der Waals surface area contributed by atoms with Gasteiger partial charge in [0.05, 0.1) is 9.36 Å². The zero-order valence-electron chi connectivity index (χ0n) is 8.41. The van der Waals surface area contributed by atoms with Gasteiger partial charge in [0, 0.05) is 17.6 Å². The van der Waals surface area contributed by atoms with E-state index in [1.807, 2.05) is 24.3 Å². The van der Waals surface area contributed by atoms with Gasteiger partial charge in [-0.2, -0.15) is 0 Å². The number of rotatable bonds is 4. The maximum absolute atomic E-state index is 5.84. The quantitative estimate of drug-likeness (QED) is 0.907. The van der Waals surface area contributed by atoms with Crippen molar-refractivity contribution in [2.24, 2.45) is 0 Å². The van der Waals surface area contributed by atoms with Crippen molar-refractivity contribution in [3.05, 3.63) is 44.7 Å². The van der Waals surface area contributed by atoms with E-state index in [4.69, 9.17) is 23.2 Å². The lowest BCUT2D eigenvalue weighted by Gasteiger charge is -2.03. The van der Waals surface area contributed by atoms with Gasteiger partial charge in [0.25, 0.3) is 0 Å². The number of halogens is 2. The van der Waals surface area contributed by atoms with Crippen molar-refractivity contribution in [2.75, 3.05) is 11.9 Å². The molecule has 84 valence electrons. The fraction of sp³-hybridized carbons (Fsp3) is 0.182. The average Bonchev–Trinajstić information content (AvgIpc) is 2.67. The monoisotopic (exact) mass is 272 g/mol. The molecular formula is C11H10Cl2N2S. The first-order valence-corrected chi connectivity index (χ1v) is 6.41. The Labute approximate surface area is 108 Å². The summed E-state index contributed by atoms with van der Waals surface area (Å²) in [5.41, 5.74) is 0. The molecule has 0 fully saturated rings. The number of thiophene rings is 1. The highest BCUT2D eigenvalue weighted by Gasteiger charge is 1.98. The van der Waals surface area contributed by atoms with Crippen molar-refractivity contribution in [1.29, 1.82) is 0 Å². The van der Waals surface area contributed by atoms with Crippen LogP contribution in [0.1, 0.15) is 4.88 Å². The van der Waals surface area contributed by atoms with Crippen LogP contribution >= 0.6 is 34.5 Å². The van der Waals surface area contributed by atoms with Gasteiger partial charge >= 0.3 is 0 Å². The Morgan fingerprint density at radius 2 is 2.06 bits per heavy atom. The van der Waals surface area contributed by atoms with Gasteiger partial charge in [-0.05, 0) is 30.7 Å². The molecule has 0 aliphatic rings. The molecule has 0 aromatic carbocycles. The molecule has 2 aromatic heterocycles. The first kappa shape index (κ1) is 11.7. The maximum Gasteiger partial charge on any atom is 0.125 e. The van der Waals surface area contributed by atoms with Crippen LogP contribution in [0.25, 0.3) is 0 Å². The molecule has 0 unspecified atom stereocenters. The van der Waals surface area contributed by atoms with E-state index in [2.05, 4.69) is 10.3 Å². The second kappa shape index (κ2) is 5.53. The first-order chi connectivity index (χ1) is 7.74. The highest BCUT2D eigenvalue weighted by Crippen LogP contribution is 2.21. The van der Waals surface area contributed by atoms with Gasteiger partial charge in [0.15, 0.2) is 0 Å². The Balaban J connectivity index is 1.82. The molecule has 0 saturated carbocycles. The second-order valence-electron chi connectivity index (χ2n) is 3.24. The lowest BCUT2D eigenvalue weighted by atomic mass is 10.3. The number of hydrogen-bond acceptors (Lipinski definition) is 3. The van der Waals surface area contributed by atoms with Crippen LogP contribution in [0.4, 0.5) is 5.82 Å². The molecule has 5 heteroatoms. The number of pyridine rings is 1. The van der Waals surface area contributed by atoms with Crippen LogP contribution in [-0.4, -0.2) is 11.5 Å². The molecule has 0 saturated heterocycles. The zero-order chi connectivity index (χ0) is 11.4. The Kier molecular flexibility index (Phi) is 4.04. The highest BCUT2D eigenvalue weighted by molar-refractivity contribution is 7.16. The summed E-state index contributed by atoms with van der Waals surface area (Å²) in [6, 6.07) is 7.65. The molecule has 2 rings (SSSR count). The van der Waals surface area contributed by atoms with Gasteiger partial charge in [-0.3, -0.25) is 0 Å². The topological polar surface area (TPSA) is 24.9 Å². The van der Waals surface area contributed by atoms with E-state index in [0.717, 1.165) is 23.1 Å². The third-order valence-corrected chi connectivity index (χ3v) is 3.55. The Hall–Kier alpha value is -0.770. The number of anilines is 1. The van der Waals surface area contributed by atoms with Gasteiger partial charge in [0.2, 0.25) is 0 Å². The summed E-state index contributed by atoms with van der Waals surface area (Å²) in [5, 5.41) is 3.87. The predicted octanol–water partition coefficient (Wildman–Crippen LogP) is 4.10. The summed E-state index contributed by atoms with van der Waals surface area (Å²) in [7, 11) is 0. The maximum atomic E-state index is 5.84. The molecule has 2 nitrogen and oxygen atoms in total. The molecule has 0 aliphatic heterocycles. The summed E-state index contributed by atoms with van der Waals surface area (Å²) < 4.78 is 0.833. The lowest BCUT2D eigenvalue weighted by molar-refractivity contribution is 1.03. The lowest BCUT2D eigenvalue weighted by Crippen LogP contribution is -2.04. The Morgan fingerprint density at radius 3 is 2.69 bits per heavy atom. The van der Waals surface area contributed by atoms with Crippen molar-refractivity contribution < 1.29 is 0 Å². The van der Waals surface area contributed by atoms with Crippen molar-refractivity contribution >= 4 is 40.4 Å². The Bertz CT molecular complexity index is 453. The molecular weight excluding hydrogens is 263 g/mol. The average molecular weight is 273 g/mol. The molecule has 2 aromatic rings. The van der Waals surface area contributed by atoms with Crippen LogP contribution in [0.3, 0.4) is 0 Å². The fourth-order valence-corrected chi connectivity index (χ4v) is 2.48. The minimum atomic E-state index is 0.649. The van der Waals surface area contributed by atoms with E-state index in [1.165, 1.54) is 4.88 Å². The van der Waals surface area contributed by atoms with Crippen LogP contribution in [-0.2, 0) is 6.42 Å². The molecule has 0 spiro atoms. The van der Waals surface area contributed by atoms with E-state index >= 15 is 0 Å². The van der Waals surface area contributed by atoms with Crippen LogP contribution < -0.4 is 5.32 Å². The van der Waals surface area contributed by atoms with Crippen LogP contribution in [0.15, 0.2) is 30.5 Å². The molecule has 16 heavy (non-hydrogen) atoms. The van der Waals surface area contributed by atoms with Gasteiger partial charge in [-0.1, -0.05) is 23.2 Å². The number of nitrogens with one attached hydrogen (secondary N) is 1. The van der Waals surface area contributed by atoms with E-state index in [-0.39, 0.29) is 0 Å². The smallest absolute Gasteiger partial charge is 0.125 e. The first-order valence-electron chi connectivity index (χ1n) is 4.84. The van der Waals surface area contributed by atoms with Crippen molar-refractivity contribution in [1.82, 2.24) is 4.98 Å². The number of aromatic nitrogens is 1. The van der Waals surface area contributed by atoms with Gasteiger partial charge < -0.3 is 5.32 Å². The third kappa shape index (κ3) is 3.37. The van der Waals surface area contributed by atoms with E-state index < -0.39 is 0 Å². The summed E-state index contributed by atoms with van der Waals surface area (Å²) in [4.78, 5) is 5.42. The second-order valence-corrected chi connectivity index (χ2v) is 5.48. The zero-order valence-corrected chi connectivity index (χ0v) is 10.7. The van der Waals surface area contributed by atoms with Gasteiger partial charge in [-0.15, -0.1) is 11.3 Å². The minimum absolute atomic E-state index is 0.649. The SMILES string of the molecule is Clc1ccc(NCCc2ccc(Cl)s2)nc1. The molecule has 1 N–H and O–H groups in total. The molecule has 0 amide bonds. The third-order valence-electron chi connectivity index (χ3n) is 2.03. The molecule has 0 atom stereocenters. The van der Waals surface area contributed by atoms with E-state index in [0.29, 0.717) is 5.02 Å². The van der Waals surface area contributed by atoms with Crippen LogP contribution in [0.2, 0.25) is 9.36 Å². The van der Waals surface area contributed by atoms with Gasteiger partial charge in [-0.25, -0.2) is 4.98 Å². The fourth-order valence-electron chi connectivity index (χ4n) is 1.28. The predicted molar refractivity (Wildman–Crippen MR) is 70.8 cm³/mol. The van der Waals surface area contributed by atoms with Crippen molar-refractivity contribution in [3.8, 4) is 0 Å². The molecule has 0 bridgehead atoms. The number of nitrogens with zero attached hydrogens (tertiary/aromatic N) is 1. The molecule has 0 radical (unpaired) electrons. The van der Waals surface area contributed by atoms with E-state index in [1.54, 1.807) is 17.5 Å². The van der Waals surface area contributed by atoms with E-state index in [9.17, 15) is 0 Å². The summed E-state index contributed by atoms with van der Waals surface area (Å²) in [5.74, 6) is 0.840. The molecule has 0 aliphatic carbocycles. The summed E-state index contributed by atoms with van der Waals surface area (Å²) in [6.45, 7) is 0.839. The van der Waals surface area contributed by atoms with Gasteiger partial charge in [0.1, 0.15) is 5.82 Å². The van der Waals surface area contributed by atoms with Crippen LogP contribution in [0.5, 0.6) is 0 Å². The normalized spacial score (nSPS) is 10.4. The number of hydrogen-bond donors (Lipinski definition) is 1.